The summed E-state index contributed by atoms with van der Waals surface area (Å²) in [6, 6.07) is 3.31. The molecule has 0 saturated carbocycles. The van der Waals surface area contributed by atoms with Crippen molar-refractivity contribution in [3.8, 4) is 0 Å². The van der Waals surface area contributed by atoms with E-state index in [1.807, 2.05) is 25.9 Å². The van der Waals surface area contributed by atoms with Crippen molar-refractivity contribution in [1.29, 1.82) is 0 Å². The van der Waals surface area contributed by atoms with Gasteiger partial charge in [-0.05, 0) is 42.5 Å². The molecule has 0 aliphatic heterocycles. The van der Waals surface area contributed by atoms with Crippen molar-refractivity contribution in [3.05, 3.63) is 37.8 Å². The molecule has 0 saturated heterocycles. The Hall–Kier alpha value is -0.940. The summed E-state index contributed by atoms with van der Waals surface area (Å²) in [5.41, 5.74) is 1.91. The fraction of sp³-hybridized carbons (Fsp3) is 0.400. The SMILES string of the molecule is Cc1ccc([N+](=O)[O-])c(CN(C)C)c1Br. The van der Waals surface area contributed by atoms with Crippen LogP contribution >= 0.6 is 15.9 Å². The van der Waals surface area contributed by atoms with Crippen molar-refractivity contribution >= 4 is 21.6 Å². The number of aryl methyl sites for hydroxylation is 1. The molecule has 1 rings (SSSR count). The second kappa shape index (κ2) is 4.72. The summed E-state index contributed by atoms with van der Waals surface area (Å²) in [6.45, 7) is 2.48. The number of nitrogens with zero attached hydrogens (tertiary/aromatic N) is 2. The van der Waals surface area contributed by atoms with Gasteiger partial charge in [0.2, 0.25) is 0 Å². The molecular formula is C10H13BrN2O2. The standard InChI is InChI=1S/C10H13BrN2O2/c1-7-4-5-9(13(14)15)8(10(7)11)6-12(2)3/h4-5H,6H2,1-3H3. The Bertz CT molecular complexity index is 391. The maximum absolute atomic E-state index is 10.8. The van der Waals surface area contributed by atoms with Crippen molar-refractivity contribution < 1.29 is 4.92 Å². The fourth-order valence-electron chi connectivity index (χ4n) is 1.37. The fourth-order valence-corrected chi connectivity index (χ4v) is 1.83. The van der Waals surface area contributed by atoms with Crippen LogP contribution in [0.25, 0.3) is 0 Å². The molecule has 0 N–H and O–H groups in total. The van der Waals surface area contributed by atoms with Crippen molar-refractivity contribution in [1.82, 2.24) is 4.90 Å². The smallest absolute Gasteiger partial charge is 0.275 e. The predicted molar refractivity (Wildman–Crippen MR) is 62.9 cm³/mol. The van der Waals surface area contributed by atoms with Gasteiger partial charge in [0.25, 0.3) is 5.69 Å². The van der Waals surface area contributed by atoms with Gasteiger partial charge in [-0.3, -0.25) is 10.1 Å². The summed E-state index contributed by atoms with van der Waals surface area (Å²) in [6.07, 6.45) is 0. The van der Waals surface area contributed by atoms with E-state index in [-0.39, 0.29) is 10.6 Å². The van der Waals surface area contributed by atoms with Crippen LogP contribution in [0, 0.1) is 17.0 Å². The van der Waals surface area contributed by atoms with Gasteiger partial charge in [-0.15, -0.1) is 0 Å². The minimum absolute atomic E-state index is 0.168. The van der Waals surface area contributed by atoms with Crippen LogP contribution in [0.1, 0.15) is 11.1 Å². The van der Waals surface area contributed by atoms with Crippen LogP contribution in [0.3, 0.4) is 0 Å². The number of nitro groups is 1. The van der Waals surface area contributed by atoms with Gasteiger partial charge in [0, 0.05) is 17.1 Å². The second-order valence-corrected chi connectivity index (χ2v) is 4.48. The number of hydrogen-bond acceptors (Lipinski definition) is 3. The largest absolute Gasteiger partial charge is 0.305 e. The molecule has 15 heavy (non-hydrogen) atoms. The number of halogens is 1. The first kappa shape index (κ1) is 12.1. The Morgan fingerprint density at radius 3 is 2.53 bits per heavy atom. The zero-order valence-electron chi connectivity index (χ0n) is 8.95. The summed E-state index contributed by atoms with van der Waals surface area (Å²) in [5, 5.41) is 10.8. The van der Waals surface area contributed by atoms with Gasteiger partial charge >= 0.3 is 0 Å². The Balaban J connectivity index is 3.28. The Morgan fingerprint density at radius 1 is 1.47 bits per heavy atom. The summed E-state index contributed by atoms with van der Waals surface area (Å²) in [7, 11) is 3.77. The molecule has 0 bridgehead atoms. The first-order valence-corrected chi connectivity index (χ1v) is 5.30. The van der Waals surface area contributed by atoms with E-state index in [9.17, 15) is 10.1 Å². The molecule has 0 radical (unpaired) electrons. The van der Waals surface area contributed by atoms with Gasteiger partial charge in [0.05, 0.1) is 10.5 Å². The van der Waals surface area contributed by atoms with Crippen LogP contribution < -0.4 is 0 Å². The molecule has 0 unspecified atom stereocenters. The molecular weight excluding hydrogens is 260 g/mol. The van der Waals surface area contributed by atoms with Crippen molar-refractivity contribution in [2.45, 2.75) is 13.5 Å². The highest BCUT2D eigenvalue weighted by atomic mass is 79.9. The van der Waals surface area contributed by atoms with Gasteiger partial charge in [-0.25, -0.2) is 0 Å². The molecule has 0 aliphatic rings. The highest BCUT2D eigenvalue weighted by Crippen LogP contribution is 2.30. The number of rotatable bonds is 3. The van der Waals surface area contributed by atoms with E-state index in [2.05, 4.69) is 15.9 Å². The summed E-state index contributed by atoms with van der Waals surface area (Å²) in [4.78, 5) is 12.4. The van der Waals surface area contributed by atoms with Gasteiger partial charge < -0.3 is 4.90 Å². The molecule has 0 spiro atoms. The maximum atomic E-state index is 10.8. The van der Waals surface area contributed by atoms with Gasteiger partial charge in [-0.2, -0.15) is 0 Å². The third kappa shape index (κ3) is 2.76. The topological polar surface area (TPSA) is 46.4 Å². The molecule has 0 aliphatic carbocycles. The molecule has 82 valence electrons. The first-order valence-electron chi connectivity index (χ1n) is 4.50. The van der Waals surface area contributed by atoms with Crippen molar-refractivity contribution in [2.75, 3.05) is 14.1 Å². The molecule has 0 fully saturated rings. The van der Waals surface area contributed by atoms with Crippen LogP contribution in [0.4, 0.5) is 5.69 Å². The molecule has 4 nitrogen and oxygen atoms in total. The summed E-state index contributed by atoms with van der Waals surface area (Å²) < 4.78 is 0.824. The lowest BCUT2D eigenvalue weighted by molar-refractivity contribution is -0.385. The first-order chi connectivity index (χ1) is 6.93. The zero-order valence-corrected chi connectivity index (χ0v) is 10.5. The summed E-state index contributed by atoms with van der Waals surface area (Å²) in [5.74, 6) is 0. The lowest BCUT2D eigenvalue weighted by Gasteiger charge is -2.12. The predicted octanol–water partition coefficient (Wildman–Crippen LogP) is 2.73. The minimum atomic E-state index is -0.344. The number of hydrogen-bond donors (Lipinski definition) is 0. The van der Waals surface area contributed by atoms with Crippen LogP contribution in [0.15, 0.2) is 16.6 Å². The molecule has 0 amide bonds. The third-order valence-electron chi connectivity index (χ3n) is 2.08. The Labute approximate surface area is 97.2 Å². The van der Waals surface area contributed by atoms with Crippen molar-refractivity contribution in [2.24, 2.45) is 0 Å². The van der Waals surface area contributed by atoms with Crippen LogP contribution in [-0.2, 0) is 6.54 Å². The quantitative estimate of drug-likeness (QED) is 0.628. The number of nitro benzene ring substituents is 1. The van der Waals surface area contributed by atoms with Crippen LogP contribution in [0.5, 0.6) is 0 Å². The normalized spacial score (nSPS) is 10.7. The second-order valence-electron chi connectivity index (χ2n) is 3.69. The van der Waals surface area contributed by atoms with E-state index in [1.165, 1.54) is 0 Å². The van der Waals surface area contributed by atoms with Crippen LogP contribution in [0.2, 0.25) is 0 Å². The monoisotopic (exact) mass is 272 g/mol. The highest BCUT2D eigenvalue weighted by molar-refractivity contribution is 9.10. The lowest BCUT2D eigenvalue weighted by atomic mass is 10.1. The van der Waals surface area contributed by atoms with Gasteiger partial charge in [0.15, 0.2) is 0 Å². The number of benzene rings is 1. The average Bonchev–Trinajstić information content (AvgIpc) is 2.12. The van der Waals surface area contributed by atoms with E-state index in [0.717, 1.165) is 15.6 Å². The Kier molecular flexibility index (Phi) is 3.82. The van der Waals surface area contributed by atoms with Gasteiger partial charge in [-0.1, -0.05) is 6.07 Å². The average molecular weight is 273 g/mol. The van der Waals surface area contributed by atoms with Crippen molar-refractivity contribution in [3.63, 3.8) is 0 Å². The molecule has 1 aromatic rings. The molecule has 0 aromatic heterocycles. The lowest BCUT2D eigenvalue weighted by Crippen LogP contribution is -2.13. The molecule has 5 heteroatoms. The molecule has 0 atom stereocenters. The highest BCUT2D eigenvalue weighted by Gasteiger charge is 2.18. The van der Waals surface area contributed by atoms with E-state index < -0.39 is 0 Å². The van der Waals surface area contributed by atoms with Crippen LogP contribution in [-0.4, -0.2) is 23.9 Å². The van der Waals surface area contributed by atoms with E-state index >= 15 is 0 Å². The van der Waals surface area contributed by atoms with E-state index in [1.54, 1.807) is 12.1 Å². The maximum Gasteiger partial charge on any atom is 0.275 e. The zero-order chi connectivity index (χ0) is 11.6. The van der Waals surface area contributed by atoms with E-state index in [4.69, 9.17) is 0 Å². The Morgan fingerprint density at radius 2 is 2.07 bits per heavy atom. The van der Waals surface area contributed by atoms with Gasteiger partial charge in [0.1, 0.15) is 0 Å². The molecule has 1 aromatic carbocycles. The van der Waals surface area contributed by atoms with E-state index in [0.29, 0.717) is 6.54 Å². The summed E-state index contributed by atoms with van der Waals surface area (Å²) >= 11 is 3.40. The molecule has 0 heterocycles. The third-order valence-corrected chi connectivity index (χ3v) is 3.19. The minimum Gasteiger partial charge on any atom is -0.305 e.